The van der Waals surface area contributed by atoms with Crippen molar-refractivity contribution < 1.29 is 9.53 Å². The number of ether oxygens (including phenoxy) is 1. The lowest BCUT2D eigenvalue weighted by molar-refractivity contribution is 0.0728. The smallest absolute Gasteiger partial charge is 0.274 e. The molecule has 0 aliphatic carbocycles. The third kappa shape index (κ3) is 3.18. The first-order chi connectivity index (χ1) is 13.7. The molecule has 0 unspecified atom stereocenters. The Kier molecular flexibility index (Phi) is 4.56. The van der Waals surface area contributed by atoms with Gasteiger partial charge in [0.15, 0.2) is 5.69 Å². The second-order valence-electron chi connectivity index (χ2n) is 7.24. The van der Waals surface area contributed by atoms with Crippen LogP contribution in [0.1, 0.15) is 21.6 Å². The predicted octanol–water partition coefficient (Wildman–Crippen LogP) is 3.13. The van der Waals surface area contributed by atoms with Crippen molar-refractivity contribution in [2.45, 2.75) is 13.0 Å². The molecule has 0 saturated carbocycles. The minimum Gasteiger partial charge on any atom is -0.378 e. The van der Waals surface area contributed by atoms with Gasteiger partial charge in [0.2, 0.25) is 0 Å². The van der Waals surface area contributed by atoms with Crippen molar-refractivity contribution in [1.29, 1.82) is 0 Å². The number of fused-ring (bicyclic) bond motifs is 2. The van der Waals surface area contributed by atoms with Crippen LogP contribution in [-0.2, 0) is 17.7 Å². The molecule has 1 aromatic carbocycles. The Hall–Kier alpha value is -2.38. The maximum absolute atomic E-state index is 13.1. The fourth-order valence-electron chi connectivity index (χ4n) is 4.09. The molecule has 0 atom stereocenters. The molecule has 28 heavy (non-hydrogen) atoms. The van der Waals surface area contributed by atoms with E-state index >= 15 is 0 Å². The number of amides is 1. The first-order valence-electron chi connectivity index (χ1n) is 9.57. The Morgan fingerprint density at radius 1 is 1.11 bits per heavy atom. The zero-order valence-corrected chi connectivity index (χ0v) is 17.1. The number of benzene rings is 1. The Morgan fingerprint density at radius 3 is 2.82 bits per heavy atom. The number of pyridine rings is 1. The molecular weight excluding hydrogens is 420 g/mol. The average Bonchev–Trinajstić information content (AvgIpc) is 3.16. The quantitative estimate of drug-likeness (QED) is 0.614. The number of morpholine rings is 1. The SMILES string of the molecule is O=C(c1cc2ccc(Br)cn2n1)N1CCc2c(cccc2N2CCOCC2)C1. The molecule has 3 aromatic rings. The molecule has 0 radical (unpaired) electrons. The number of halogens is 1. The first kappa shape index (κ1) is 17.7. The molecule has 2 aliphatic heterocycles. The molecule has 7 heteroatoms. The fourth-order valence-corrected chi connectivity index (χ4v) is 4.42. The molecule has 1 saturated heterocycles. The first-order valence-corrected chi connectivity index (χ1v) is 10.4. The van der Waals surface area contributed by atoms with Gasteiger partial charge in [-0.2, -0.15) is 5.10 Å². The standard InChI is InChI=1S/C21H21BrN4O2/c22-16-4-5-17-12-19(23-26(17)14-16)21(27)25-7-6-18-15(13-25)2-1-3-20(18)24-8-10-28-11-9-24/h1-5,12,14H,6-11,13H2. The topological polar surface area (TPSA) is 50.1 Å². The summed E-state index contributed by atoms with van der Waals surface area (Å²) in [6, 6.07) is 12.2. The average molecular weight is 441 g/mol. The van der Waals surface area contributed by atoms with Gasteiger partial charge in [-0.05, 0) is 57.7 Å². The van der Waals surface area contributed by atoms with Gasteiger partial charge < -0.3 is 14.5 Å². The number of hydrogen-bond acceptors (Lipinski definition) is 4. The van der Waals surface area contributed by atoms with E-state index < -0.39 is 0 Å². The summed E-state index contributed by atoms with van der Waals surface area (Å²) >= 11 is 3.44. The summed E-state index contributed by atoms with van der Waals surface area (Å²) in [6.07, 6.45) is 2.74. The zero-order chi connectivity index (χ0) is 19.1. The minimum atomic E-state index is -0.0118. The van der Waals surface area contributed by atoms with Crippen LogP contribution in [0.3, 0.4) is 0 Å². The molecule has 0 bridgehead atoms. The van der Waals surface area contributed by atoms with Gasteiger partial charge in [0.05, 0.1) is 18.7 Å². The molecule has 4 heterocycles. The van der Waals surface area contributed by atoms with Crippen molar-refractivity contribution in [1.82, 2.24) is 14.5 Å². The van der Waals surface area contributed by atoms with E-state index in [-0.39, 0.29) is 5.91 Å². The Bertz CT molecular complexity index is 1040. The van der Waals surface area contributed by atoms with Crippen molar-refractivity contribution in [3.8, 4) is 0 Å². The minimum absolute atomic E-state index is 0.0118. The maximum atomic E-state index is 13.1. The van der Waals surface area contributed by atoms with Crippen molar-refractivity contribution in [2.75, 3.05) is 37.7 Å². The van der Waals surface area contributed by atoms with Gasteiger partial charge in [-0.15, -0.1) is 0 Å². The number of carbonyl (C=O) groups excluding carboxylic acids is 1. The summed E-state index contributed by atoms with van der Waals surface area (Å²) < 4.78 is 8.17. The molecule has 2 aromatic heterocycles. The zero-order valence-electron chi connectivity index (χ0n) is 15.5. The lowest BCUT2D eigenvalue weighted by Crippen LogP contribution is -2.39. The molecule has 5 rings (SSSR count). The fraction of sp³-hybridized carbons (Fsp3) is 0.333. The maximum Gasteiger partial charge on any atom is 0.274 e. The summed E-state index contributed by atoms with van der Waals surface area (Å²) in [4.78, 5) is 17.4. The summed E-state index contributed by atoms with van der Waals surface area (Å²) in [5.41, 5.74) is 5.30. The highest BCUT2D eigenvalue weighted by Crippen LogP contribution is 2.30. The number of anilines is 1. The van der Waals surface area contributed by atoms with E-state index in [4.69, 9.17) is 4.74 Å². The van der Waals surface area contributed by atoms with Crippen LogP contribution in [0.2, 0.25) is 0 Å². The summed E-state index contributed by atoms with van der Waals surface area (Å²) in [6.45, 7) is 4.75. The molecule has 1 amide bonds. The number of rotatable bonds is 2. The third-order valence-corrected chi connectivity index (χ3v) is 5.99. The van der Waals surface area contributed by atoms with Crippen molar-refractivity contribution in [3.63, 3.8) is 0 Å². The molecule has 2 aliphatic rings. The van der Waals surface area contributed by atoms with Gasteiger partial charge in [-0.3, -0.25) is 4.79 Å². The van der Waals surface area contributed by atoms with Gasteiger partial charge in [0.25, 0.3) is 5.91 Å². The van der Waals surface area contributed by atoms with Crippen LogP contribution in [0.15, 0.2) is 47.1 Å². The van der Waals surface area contributed by atoms with E-state index in [2.05, 4.69) is 44.1 Å². The third-order valence-electron chi connectivity index (χ3n) is 5.52. The van der Waals surface area contributed by atoms with Crippen LogP contribution in [0.5, 0.6) is 0 Å². The van der Waals surface area contributed by atoms with Gasteiger partial charge >= 0.3 is 0 Å². The monoisotopic (exact) mass is 440 g/mol. The largest absolute Gasteiger partial charge is 0.378 e. The Balaban J connectivity index is 1.39. The molecule has 0 N–H and O–H groups in total. The highest BCUT2D eigenvalue weighted by molar-refractivity contribution is 9.10. The molecule has 144 valence electrons. The summed E-state index contributed by atoms with van der Waals surface area (Å²) in [7, 11) is 0. The van der Waals surface area contributed by atoms with Gasteiger partial charge in [-0.25, -0.2) is 4.52 Å². The summed E-state index contributed by atoms with van der Waals surface area (Å²) in [5, 5.41) is 4.47. The highest BCUT2D eigenvalue weighted by Gasteiger charge is 2.26. The second kappa shape index (κ2) is 7.22. The van der Waals surface area contributed by atoms with Crippen LogP contribution < -0.4 is 4.90 Å². The lowest BCUT2D eigenvalue weighted by atomic mass is 9.96. The van der Waals surface area contributed by atoms with E-state index in [0.29, 0.717) is 18.8 Å². The molecular formula is C21H21BrN4O2. The molecule has 0 spiro atoms. The van der Waals surface area contributed by atoms with Crippen LogP contribution in [0.4, 0.5) is 5.69 Å². The number of carbonyl (C=O) groups is 1. The van der Waals surface area contributed by atoms with Gasteiger partial charge in [0, 0.05) is 42.5 Å². The highest BCUT2D eigenvalue weighted by atomic mass is 79.9. The van der Waals surface area contributed by atoms with Gasteiger partial charge in [0.1, 0.15) is 0 Å². The van der Waals surface area contributed by atoms with E-state index in [1.54, 1.807) is 4.52 Å². The van der Waals surface area contributed by atoms with E-state index in [1.807, 2.05) is 29.3 Å². The Labute approximate surface area is 171 Å². The predicted molar refractivity (Wildman–Crippen MR) is 111 cm³/mol. The van der Waals surface area contributed by atoms with E-state index in [1.165, 1.54) is 16.8 Å². The number of hydrogen-bond donors (Lipinski definition) is 0. The van der Waals surface area contributed by atoms with Crippen LogP contribution in [-0.4, -0.2) is 53.3 Å². The normalized spacial score (nSPS) is 17.0. The second-order valence-corrected chi connectivity index (χ2v) is 8.15. The van der Waals surface area contributed by atoms with E-state index in [9.17, 15) is 4.79 Å². The molecule has 1 fully saturated rings. The van der Waals surface area contributed by atoms with E-state index in [0.717, 1.165) is 42.7 Å². The van der Waals surface area contributed by atoms with Gasteiger partial charge in [-0.1, -0.05) is 12.1 Å². The lowest BCUT2D eigenvalue weighted by Gasteiger charge is -2.35. The number of nitrogens with zero attached hydrogens (tertiary/aromatic N) is 4. The van der Waals surface area contributed by atoms with Crippen molar-refractivity contribution in [2.24, 2.45) is 0 Å². The number of aromatic nitrogens is 2. The molecule has 6 nitrogen and oxygen atoms in total. The van der Waals surface area contributed by atoms with Crippen LogP contribution in [0.25, 0.3) is 5.52 Å². The summed E-state index contributed by atoms with van der Waals surface area (Å²) in [5.74, 6) is -0.0118. The van der Waals surface area contributed by atoms with Crippen LogP contribution >= 0.6 is 15.9 Å². The van der Waals surface area contributed by atoms with Crippen molar-refractivity contribution >= 4 is 33.0 Å². The van der Waals surface area contributed by atoms with Crippen molar-refractivity contribution in [3.05, 3.63) is 63.9 Å². The Morgan fingerprint density at radius 2 is 1.96 bits per heavy atom. The van der Waals surface area contributed by atoms with Crippen LogP contribution in [0, 0.1) is 0 Å².